The summed E-state index contributed by atoms with van der Waals surface area (Å²) in [5.74, 6) is -0.255. The lowest BCUT2D eigenvalue weighted by atomic mass is 9.95. The monoisotopic (exact) mass is 478 g/mol. The Morgan fingerprint density at radius 3 is 2.62 bits per heavy atom. The number of nitrogens with one attached hydrogen (secondary N) is 2. The molecule has 0 radical (unpaired) electrons. The second-order valence-corrected chi connectivity index (χ2v) is 9.55. The number of rotatable bonds is 6. The van der Waals surface area contributed by atoms with Crippen molar-refractivity contribution in [3.8, 4) is 5.00 Å². The highest BCUT2D eigenvalue weighted by atomic mass is 32.1. The summed E-state index contributed by atoms with van der Waals surface area (Å²) in [5.41, 5.74) is 8.99. The third-order valence-electron chi connectivity index (χ3n) is 5.98. The molecular weight excluding hydrogens is 448 g/mol. The minimum atomic E-state index is -0.413. The van der Waals surface area contributed by atoms with E-state index in [9.17, 15) is 9.59 Å². The summed E-state index contributed by atoms with van der Waals surface area (Å²) in [4.78, 5) is 26.4. The van der Waals surface area contributed by atoms with E-state index in [0.29, 0.717) is 17.9 Å². The minimum absolute atomic E-state index is 0.255. The fourth-order valence-corrected chi connectivity index (χ4v) is 5.80. The number of carbonyl (C=O) groups excluding carboxylic acids is 2. The van der Waals surface area contributed by atoms with Crippen LogP contribution < -0.4 is 10.7 Å². The van der Waals surface area contributed by atoms with Gasteiger partial charge in [-0.3, -0.25) is 0 Å². The number of thiophene rings is 1. The number of urea groups is 1. The number of hydrogen-bond acceptors (Lipinski definition) is 5. The molecule has 34 heavy (non-hydrogen) atoms. The number of nitrogens with zero attached hydrogens (tertiary/aromatic N) is 2. The lowest BCUT2D eigenvalue weighted by Crippen LogP contribution is -2.24. The first-order valence-electron chi connectivity index (χ1n) is 11.6. The van der Waals surface area contributed by atoms with E-state index in [1.807, 2.05) is 58.0 Å². The van der Waals surface area contributed by atoms with Gasteiger partial charge in [0, 0.05) is 27.5 Å². The van der Waals surface area contributed by atoms with Crippen LogP contribution in [0.3, 0.4) is 0 Å². The summed E-state index contributed by atoms with van der Waals surface area (Å²) in [7, 11) is 0. The van der Waals surface area contributed by atoms with Gasteiger partial charge in [-0.15, -0.1) is 11.3 Å². The molecule has 0 fully saturated rings. The number of ether oxygens (including phenoxy) is 1. The van der Waals surface area contributed by atoms with E-state index in [0.717, 1.165) is 58.8 Å². The first-order chi connectivity index (χ1) is 16.4. The van der Waals surface area contributed by atoms with Crippen molar-refractivity contribution >= 4 is 35.2 Å². The minimum Gasteiger partial charge on any atom is -0.462 e. The highest BCUT2D eigenvalue weighted by Gasteiger charge is 2.28. The highest BCUT2D eigenvalue weighted by Crippen LogP contribution is 2.39. The van der Waals surface area contributed by atoms with E-state index in [-0.39, 0.29) is 5.97 Å². The number of amides is 2. The van der Waals surface area contributed by atoms with Crippen molar-refractivity contribution in [1.82, 2.24) is 9.99 Å². The SMILES string of the molecule is CCOC(=O)c1c(-n2c(C)cc(/C=N\NC(=O)Nc3ccc(C)cc3)c2C)sc2c1CCCC2. The zero-order chi connectivity index (χ0) is 24.2. The van der Waals surface area contributed by atoms with Crippen LogP contribution in [0.1, 0.15) is 63.1 Å². The summed E-state index contributed by atoms with van der Waals surface area (Å²) < 4.78 is 7.52. The highest BCUT2D eigenvalue weighted by molar-refractivity contribution is 7.15. The molecule has 2 heterocycles. The molecule has 8 heteroatoms. The molecule has 0 saturated carbocycles. The van der Waals surface area contributed by atoms with Crippen molar-refractivity contribution in [2.45, 2.75) is 53.4 Å². The van der Waals surface area contributed by atoms with E-state index in [1.54, 1.807) is 17.6 Å². The molecule has 178 valence electrons. The lowest BCUT2D eigenvalue weighted by Gasteiger charge is -2.13. The molecule has 4 rings (SSSR count). The van der Waals surface area contributed by atoms with E-state index in [2.05, 4.69) is 20.4 Å². The van der Waals surface area contributed by atoms with Crippen LogP contribution in [0.5, 0.6) is 0 Å². The Morgan fingerprint density at radius 1 is 1.15 bits per heavy atom. The zero-order valence-electron chi connectivity index (χ0n) is 20.0. The Balaban J connectivity index is 1.57. The first-order valence-corrected chi connectivity index (χ1v) is 12.4. The molecule has 0 spiro atoms. The molecule has 0 aliphatic heterocycles. The number of hydrazone groups is 1. The van der Waals surface area contributed by atoms with Crippen molar-refractivity contribution in [3.63, 3.8) is 0 Å². The summed E-state index contributed by atoms with van der Waals surface area (Å²) >= 11 is 1.68. The second kappa shape index (κ2) is 10.3. The Kier molecular flexibility index (Phi) is 7.17. The molecule has 1 aliphatic rings. The van der Waals surface area contributed by atoms with Gasteiger partial charge in [0.2, 0.25) is 0 Å². The average molecular weight is 479 g/mol. The van der Waals surface area contributed by atoms with E-state index in [4.69, 9.17) is 4.74 Å². The maximum Gasteiger partial charge on any atom is 0.341 e. The van der Waals surface area contributed by atoms with Gasteiger partial charge in [-0.05, 0) is 77.1 Å². The zero-order valence-corrected chi connectivity index (χ0v) is 20.8. The van der Waals surface area contributed by atoms with Crippen LogP contribution in [0.2, 0.25) is 0 Å². The molecule has 2 N–H and O–H groups in total. The average Bonchev–Trinajstić information content (AvgIpc) is 3.32. The van der Waals surface area contributed by atoms with Gasteiger partial charge in [-0.25, -0.2) is 15.0 Å². The molecule has 3 aromatic rings. The van der Waals surface area contributed by atoms with Gasteiger partial charge in [-0.2, -0.15) is 5.10 Å². The van der Waals surface area contributed by atoms with E-state index >= 15 is 0 Å². The summed E-state index contributed by atoms with van der Waals surface area (Å²) in [5, 5.41) is 7.79. The molecule has 2 aromatic heterocycles. The summed E-state index contributed by atoms with van der Waals surface area (Å²) in [6.45, 7) is 8.18. The maximum atomic E-state index is 12.9. The van der Waals surface area contributed by atoms with E-state index < -0.39 is 6.03 Å². The molecule has 1 aromatic carbocycles. The molecule has 7 nitrogen and oxygen atoms in total. The normalized spacial score (nSPS) is 13.1. The predicted molar refractivity (Wildman–Crippen MR) is 137 cm³/mol. The maximum absolute atomic E-state index is 12.9. The Morgan fingerprint density at radius 2 is 1.88 bits per heavy atom. The Hall–Kier alpha value is -3.39. The van der Waals surface area contributed by atoms with Crippen molar-refractivity contribution in [3.05, 3.63) is 68.9 Å². The summed E-state index contributed by atoms with van der Waals surface area (Å²) in [6, 6.07) is 9.14. The molecular formula is C26H30N4O3S. The van der Waals surface area contributed by atoms with Crippen molar-refractivity contribution in [1.29, 1.82) is 0 Å². The topological polar surface area (TPSA) is 84.7 Å². The third kappa shape index (κ3) is 4.92. The molecule has 0 atom stereocenters. The van der Waals surface area contributed by atoms with Crippen LogP contribution in [0, 0.1) is 20.8 Å². The van der Waals surface area contributed by atoms with Gasteiger partial charge in [0.15, 0.2) is 0 Å². The number of hydrogen-bond donors (Lipinski definition) is 2. The van der Waals surface area contributed by atoms with Crippen LogP contribution in [0.15, 0.2) is 35.4 Å². The van der Waals surface area contributed by atoms with Crippen LogP contribution in [-0.2, 0) is 17.6 Å². The molecule has 0 unspecified atom stereocenters. The fraction of sp³-hybridized carbons (Fsp3) is 0.346. The van der Waals surface area contributed by atoms with E-state index in [1.165, 1.54) is 4.88 Å². The lowest BCUT2D eigenvalue weighted by molar-refractivity contribution is 0.0525. The number of anilines is 1. The largest absolute Gasteiger partial charge is 0.462 e. The fourth-order valence-electron chi connectivity index (χ4n) is 4.31. The van der Waals surface area contributed by atoms with Gasteiger partial charge in [0.25, 0.3) is 0 Å². The van der Waals surface area contributed by atoms with Crippen molar-refractivity contribution < 1.29 is 14.3 Å². The first kappa shape index (κ1) is 23.8. The standard InChI is InChI=1S/C26H30N4O3S/c1-5-33-25(31)23-21-8-6-7-9-22(21)34-24(23)30-17(3)14-19(18(30)4)15-27-29-26(32)28-20-12-10-16(2)11-13-20/h10-15H,5-9H2,1-4H3,(H2,28,29,32)/b27-15-. The quantitative estimate of drug-likeness (QED) is 0.272. The number of benzene rings is 1. The summed E-state index contributed by atoms with van der Waals surface area (Å²) in [6.07, 6.45) is 5.78. The van der Waals surface area contributed by atoms with Gasteiger partial charge < -0.3 is 14.6 Å². The van der Waals surface area contributed by atoms with Crippen LogP contribution in [0.4, 0.5) is 10.5 Å². The smallest absolute Gasteiger partial charge is 0.341 e. The van der Waals surface area contributed by atoms with Crippen molar-refractivity contribution in [2.24, 2.45) is 5.10 Å². The molecule has 0 saturated heterocycles. The van der Waals surface area contributed by atoms with Gasteiger partial charge >= 0.3 is 12.0 Å². The molecule has 1 aliphatic carbocycles. The number of aromatic nitrogens is 1. The number of aryl methyl sites for hydroxylation is 3. The Labute approximate surface area is 203 Å². The number of carbonyl (C=O) groups is 2. The third-order valence-corrected chi connectivity index (χ3v) is 7.26. The number of esters is 1. The van der Waals surface area contributed by atoms with Gasteiger partial charge in [0.05, 0.1) is 18.4 Å². The van der Waals surface area contributed by atoms with Crippen molar-refractivity contribution in [2.75, 3.05) is 11.9 Å². The van der Waals surface area contributed by atoms with Gasteiger partial charge in [-0.1, -0.05) is 17.7 Å². The number of fused-ring (bicyclic) bond motifs is 1. The second-order valence-electron chi connectivity index (χ2n) is 8.46. The molecule has 2 amide bonds. The Bertz CT molecular complexity index is 1240. The molecule has 0 bridgehead atoms. The van der Waals surface area contributed by atoms with Gasteiger partial charge in [0.1, 0.15) is 5.00 Å². The van der Waals surface area contributed by atoms with Crippen LogP contribution in [0.25, 0.3) is 5.00 Å². The predicted octanol–water partition coefficient (Wildman–Crippen LogP) is 5.68. The van der Waals surface area contributed by atoms with Crippen LogP contribution in [-0.4, -0.2) is 29.4 Å². The van der Waals surface area contributed by atoms with Crippen LogP contribution >= 0.6 is 11.3 Å².